The molecular weight excluding hydrogens is 367 g/mol. The van der Waals surface area contributed by atoms with Crippen molar-refractivity contribution in [2.45, 2.75) is 6.54 Å². The van der Waals surface area contributed by atoms with Crippen molar-refractivity contribution in [1.29, 1.82) is 0 Å². The second kappa shape index (κ2) is 7.16. The molecule has 0 N–H and O–H groups in total. The lowest BCUT2D eigenvalue weighted by molar-refractivity contribution is -0.141. The summed E-state index contributed by atoms with van der Waals surface area (Å²) in [6, 6.07) is 10.5. The fourth-order valence-corrected chi connectivity index (χ4v) is 3.67. The molecule has 0 bridgehead atoms. The van der Waals surface area contributed by atoms with Gasteiger partial charge in [0.1, 0.15) is 12.4 Å². The molecule has 0 aliphatic rings. The second-order valence-electron chi connectivity index (χ2n) is 5.06. The Hall–Kier alpha value is -2.51. The van der Waals surface area contributed by atoms with E-state index in [2.05, 4.69) is 4.99 Å². The standard InChI is InChI=1S/C17H12ClFN2O3S/c1-24-14(22)9-21-15-12(18)6-3-7-13(15)25-17(21)20-16(23)10-4-2-5-11(19)8-10/h2-8H,9H2,1H3. The molecule has 3 rings (SSSR count). The third-order valence-electron chi connectivity index (χ3n) is 3.44. The van der Waals surface area contributed by atoms with E-state index in [1.807, 2.05) is 6.07 Å². The number of benzene rings is 2. The van der Waals surface area contributed by atoms with Crippen LogP contribution in [-0.2, 0) is 16.1 Å². The molecule has 0 atom stereocenters. The minimum Gasteiger partial charge on any atom is -0.468 e. The number of aromatic nitrogens is 1. The van der Waals surface area contributed by atoms with Gasteiger partial charge in [-0.3, -0.25) is 9.59 Å². The van der Waals surface area contributed by atoms with Gasteiger partial charge < -0.3 is 9.30 Å². The molecule has 0 aliphatic carbocycles. The van der Waals surface area contributed by atoms with Gasteiger partial charge in [-0.15, -0.1) is 0 Å². The number of nitrogens with zero attached hydrogens (tertiary/aromatic N) is 2. The summed E-state index contributed by atoms with van der Waals surface area (Å²) in [7, 11) is 1.27. The van der Waals surface area contributed by atoms with Gasteiger partial charge in [0.2, 0.25) is 0 Å². The molecule has 1 aromatic heterocycles. The molecule has 0 fully saturated rings. The van der Waals surface area contributed by atoms with Crippen LogP contribution in [0.4, 0.5) is 4.39 Å². The number of hydrogen-bond acceptors (Lipinski definition) is 4. The van der Waals surface area contributed by atoms with Crippen LogP contribution in [0.3, 0.4) is 0 Å². The SMILES string of the molecule is COC(=O)Cn1c(=NC(=O)c2cccc(F)c2)sc2cccc(Cl)c21. The summed E-state index contributed by atoms with van der Waals surface area (Å²) in [4.78, 5) is 28.4. The third kappa shape index (κ3) is 3.62. The van der Waals surface area contributed by atoms with E-state index in [1.165, 1.54) is 41.2 Å². The van der Waals surface area contributed by atoms with Crippen LogP contribution in [-0.4, -0.2) is 23.6 Å². The van der Waals surface area contributed by atoms with Gasteiger partial charge in [-0.05, 0) is 30.3 Å². The maximum atomic E-state index is 13.3. The molecule has 128 valence electrons. The molecule has 0 saturated carbocycles. The molecule has 3 aromatic rings. The Morgan fingerprint density at radius 2 is 2.04 bits per heavy atom. The highest BCUT2D eigenvalue weighted by molar-refractivity contribution is 7.16. The second-order valence-corrected chi connectivity index (χ2v) is 6.48. The number of carbonyl (C=O) groups excluding carboxylic acids is 2. The molecule has 2 aromatic carbocycles. The zero-order valence-electron chi connectivity index (χ0n) is 13.0. The summed E-state index contributed by atoms with van der Waals surface area (Å²) >= 11 is 7.44. The van der Waals surface area contributed by atoms with Gasteiger partial charge in [-0.1, -0.05) is 35.1 Å². The highest BCUT2D eigenvalue weighted by atomic mass is 35.5. The Bertz CT molecular complexity index is 1040. The number of para-hydroxylation sites is 1. The fourth-order valence-electron chi connectivity index (χ4n) is 2.29. The first-order chi connectivity index (χ1) is 12.0. The van der Waals surface area contributed by atoms with Gasteiger partial charge >= 0.3 is 5.97 Å². The quantitative estimate of drug-likeness (QED) is 0.656. The number of thiazole rings is 1. The molecule has 0 unspecified atom stereocenters. The fraction of sp³-hybridized carbons (Fsp3) is 0.118. The minimum atomic E-state index is -0.610. The van der Waals surface area contributed by atoms with Crippen LogP contribution in [0.5, 0.6) is 0 Å². The van der Waals surface area contributed by atoms with E-state index in [0.717, 1.165) is 10.8 Å². The predicted molar refractivity (Wildman–Crippen MR) is 93.1 cm³/mol. The van der Waals surface area contributed by atoms with Crippen molar-refractivity contribution in [2.75, 3.05) is 7.11 Å². The lowest BCUT2D eigenvalue weighted by Crippen LogP contribution is -2.22. The Morgan fingerprint density at radius 1 is 1.28 bits per heavy atom. The van der Waals surface area contributed by atoms with Crippen LogP contribution >= 0.6 is 22.9 Å². The van der Waals surface area contributed by atoms with E-state index in [0.29, 0.717) is 10.5 Å². The Balaban J connectivity index is 2.17. The number of halogens is 2. The number of amides is 1. The molecule has 1 heterocycles. The molecule has 0 radical (unpaired) electrons. The van der Waals surface area contributed by atoms with Crippen molar-refractivity contribution in [3.05, 3.63) is 63.7 Å². The van der Waals surface area contributed by atoms with Gasteiger partial charge in [-0.2, -0.15) is 4.99 Å². The normalized spacial score (nSPS) is 11.7. The number of hydrogen-bond donors (Lipinski definition) is 0. The first-order valence-corrected chi connectivity index (χ1v) is 8.38. The topological polar surface area (TPSA) is 60.7 Å². The summed E-state index contributed by atoms with van der Waals surface area (Å²) < 4.78 is 20.3. The van der Waals surface area contributed by atoms with Crippen molar-refractivity contribution in [2.24, 2.45) is 4.99 Å². The molecule has 25 heavy (non-hydrogen) atoms. The zero-order valence-corrected chi connectivity index (χ0v) is 14.6. The summed E-state index contributed by atoms with van der Waals surface area (Å²) in [5, 5.41) is 0.428. The molecule has 0 saturated heterocycles. The third-order valence-corrected chi connectivity index (χ3v) is 4.78. The summed E-state index contributed by atoms with van der Waals surface area (Å²) in [6.45, 7) is -0.143. The highest BCUT2D eigenvalue weighted by Gasteiger charge is 2.14. The predicted octanol–water partition coefficient (Wildman–Crippen LogP) is 3.41. The summed E-state index contributed by atoms with van der Waals surface area (Å²) in [5.41, 5.74) is 0.707. The van der Waals surface area contributed by atoms with Crippen LogP contribution in [0.1, 0.15) is 10.4 Å². The summed E-state index contributed by atoms with van der Waals surface area (Å²) in [6.07, 6.45) is 0. The number of fused-ring (bicyclic) bond motifs is 1. The number of rotatable bonds is 3. The monoisotopic (exact) mass is 378 g/mol. The van der Waals surface area contributed by atoms with Crippen LogP contribution in [0.25, 0.3) is 10.2 Å². The number of ether oxygens (including phenoxy) is 1. The largest absolute Gasteiger partial charge is 0.468 e. The van der Waals surface area contributed by atoms with E-state index in [-0.39, 0.29) is 16.9 Å². The first-order valence-electron chi connectivity index (χ1n) is 7.19. The van der Waals surface area contributed by atoms with E-state index in [9.17, 15) is 14.0 Å². The molecule has 5 nitrogen and oxygen atoms in total. The van der Waals surface area contributed by atoms with Gasteiger partial charge in [-0.25, -0.2) is 4.39 Å². The van der Waals surface area contributed by atoms with E-state index in [1.54, 1.807) is 12.1 Å². The van der Waals surface area contributed by atoms with Crippen LogP contribution in [0, 0.1) is 5.82 Å². The van der Waals surface area contributed by atoms with Crippen molar-refractivity contribution in [3.8, 4) is 0 Å². The van der Waals surface area contributed by atoms with Crippen LogP contribution in [0.15, 0.2) is 47.5 Å². The number of carbonyl (C=O) groups is 2. The Labute approximate surface area is 151 Å². The highest BCUT2D eigenvalue weighted by Crippen LogP contribution is 2.25. The van der Waals surface area contributed by atoms with Crippen molar-refractivity contribution >= 4 is 45.0 Å². The number of esters is 1. The van der Waals surface area contributed by atoms with Gasteiger partial charge in [0, 0.05) is 5.56 Å². The Kier molecular flexibility index (Phi) is 4.96. The van der Waals surface area contributed by atoms with E-state index >= 15 is 0 Å². The average Bonchev–Trinajstić information content (AvgIpc) is 2.93. The molecular formula is C17H12ClFN2O3S. The zero-order chi connectivity index (χ0) is 18.0. The number of methoxy groups -OCH3 is 1. The van der Waals surface area contributed by atoms with E-state index in [4.69, 9.17) is 16.3 Å². The maximum Gasteiger partial charge on any atom is 0.325 e. The van der Waals surface area contributed by atoms with E-state index < -0.39 is 17.7 Å². The molecule has 0 spiro atoms. The van der Waals surface area contributed by atoms with Crippen molar-refractivity contribution in [1.82, 2.24) is 4.57 Å². The minimum absolute atomic E-state index is 0.119. The lowest BCUT2D eigenvalue weighted by Gasteiger charge is -2.04. The van der Waals surface area contributed by atoms with Gasteiger partial charge in [0.25, 0.3) is 5.91 Å². The summed E-state index contributed by atoms with van der Waals surface area (Å²) in [5.74, 6) is -1.64. The van der Waals surface area contributed by atoms with Crippen molar-refractivity contribution < 1.29 is 18.7 Å². The lowest BCUT2D eigenvalue weighted by atomic mass is 10.2. The average molecular weight is 379 g/mol. The van der Waals surface area contributed by atoms with Crippen LogP contribution < -0.4 is 4.80 Å². The van der Waals surface area contributed by atoms with Gasteiger partial charge in [0.05, 0.1) is 22.3 Å². The van der Waals surface area contributed by atoms with Gasteiger partial charge in [0.15, 0.2) is 4.80 Å². The van der Waals surface area contributed by atoms with Crippen molar-refractivity contribution in [3.63, 3.8) is 0 Å². The molecule has 1 amide bonds. The van der Waals surface area contributed by atoms with Crippen LogP contribution in [0.2, 0.25) is 5.02 Å². The molecule has 0 aliphatic heterocycles. The Morgan fingerprint density at radius 3 is 2.76 bits per heavy atom. The first kappa shape index (κ1) is 17.3. The smallest absolute Gasteiger partial charge is 0.325 e. The molecule has 8 heteroatoms. The maximum absolute atomic E-state index is 13.3.